The Kier molecular flexibility index (Phi) is 7.01. The van der Waals surface area contributed by atoms with E-state index < -0.39 is 0 Å². The van der Waals surface area contributed by atoms with Crippen LogP contribution in [0.15, 0.2) is 18.2 Å². The van der Waals surface area contributed by atoms with Gasteiger partial charge in [-0.2, -0.15) is 0 Å². The molecule has 1 fully saturated rings. The molecule has 2 amide bonds. The van der Waals surface area contributed by atoms with Crippen LogP contribution in [0.1, 0.15) is 26.7 Å². The summed E-state index contributed by atoms with van der Waals surface area (Å²) in [5, 5.41) is 6.38. The summed E-state index contributed by atoms with van der Waals surface area (Å²) in [5.74, 6) is -0.0208. The maximum atomic E-state index is 12.0. The standard InChI is InChI=1S/C17H23ClN4O2S/c1-3-4-16(24)22-9-7-21(8-10-22)15-6-5-13(18)11-14(15)20-17(25)19-12(2)23/h5-6,11H,3-4,7-10H2,1-2H3,(H2,19,20,23,25). The van der Waals surface area contributed by atoms with Crippen LogP contribution in [-0.2, 0) is 9.59 Å². The van der Waals surface area contributed by atoms with E-state index in [1.807, 2.05) is 24.0 Å². The van der Waals surface area contributed by atoms with E-state index in [-0.39, 0.29) is 16.9 Å². The minimum absolute atomic E-state index is 0.212. The highest BCUT2D eigenvalue weighted by molar-refractivity contribution is 7.80. The van der Waals surface area contributed by atoms with Crippen LogP contribution in [0.5, 0.6) is 0 Å². The summed E-state index contributed by atoms with van der Waals surface area (Å²) in [7, 11) is 0. The molecule has 25 heavy (non-hydrogen) atoms. The normalized spacial score (nSPS) is 14.2. The molecule has 6 nitrogen and oxygen atoms in total. The van der Waals surface area contributed by atoms with Gasteiger partial charge in [-0.1, -0.05) is 18.5 Å². The molecule has 2 N–H and O–H groups in total. The van der Waals surface area contributed by atoms with Crippen molar-refractivity contribution in [2.45, 2.75) is 26.7 Å². The number of thiocarbonyl (C=S) groups is 1. The largest absolute Gasteiger partial charge is 0.366 e. The molecular weight excluding hydrogens is 360 g/mol. The van der Waals surface area contributed by atoms with E-state index in [0.717, 1.165) is 30.9 Å². The van der Waals surface area contributed by atoms with Gasteiger partial charge in [0.1, 0.15) is 0 Å². The molecule has 1 saturated heterocycles. The van der Waals surface area contributed by atoms with Crippen LogP contribution in [0.3, 0.4) is 0 Å². The third kappa shape index (κ3) is 5.57. The molecule has 1 aliphatic heterocycles. The van der Waals surface area contributed by atoms with Crippen LogP contribution in [0.4, 0.5) is 11.4 Å². The molecule has 0 aliphatic carbocycles. The minimum atomic E-state index is -0.232. The number of nitrogens with one attached hydrogen (secondary N) is 2. The molecule has 1 aromatic rings. The lowest BCUT2D eigenvalue weighted by Crippen LogP contribution is -2.49. The monoisotopic (exact) mass is 382 g/mol. The molecular formula is C17H23ClN4O2S. The van der Waals surface area contributed by atoms with Crippen molar-refractivity contribution in [1.29, 1.82) is 0 Å². The second kappa shape index (κ2) is 9.01. The van der Waals surface area contributed by atoms with Gasteiger partial charge in [0.05, 0.1) is 11.4 Å². The van der Waals surface area contributed by atoms with Gasteiger partial charge in [-0.15, -0.1) is 0 Å². The number of hydrogen-bond donors (Lipinski definition) is 2. The molecule has 0 radical (unpaired) electrons. The highest BCUT2D eigenvalue weighted by Crippen LogP contribution is 2.30. The highest BCUT2D eigenvalue weighted by atomic mass is 35.5. The summed E-state index contributed by atoms with van der Waals surface area (Å²) in [6.07, 6.45) is 1.46. The Morgan fingerprint density at radius 3 is 2.52 bits per heavy atom. The third-order valence-corrected chi connectivity index (χ3v) is 4.37. The molecule has 1 aliphatic rings. The van der Waals surface area contributed by atoms with Crippen molar-refractivity contribution >= 4 is 52.1 Å². The van der Waals surface area contributed by atoms with Crippen LogP contribution in [0, 0.1) is 0 Å². The van der Waals surface area contributed by atoms with Crippen molar-refractivity contribution in [1.82, 2.24) is 10.2 Å². The number of carbonyl (C=O) groups is 2. The predicted octanol–water partition coefficient (Wildman–Crippen LogP) is 2.62. The fourth-order valence-electron chi connectivity index (χ4n) is 2.77. The van der Waals surface area contributed by atoms with E-state index in [1.165, 1.54) is 6.92 Å². The van der Waals surface area contributed by atoms with Gasteiger partial charge in [0, 0.05) is 44.5 Å². The molecule has 0 unspecified atom stereocenters. The molecule has 136 valence electrons. The first kappa shape index (κ1) is 19.5. The Balaban J connectivity index is 2.08. The summed E-state index contributed by atoms with van der Waals surface area (Å²) >= 11 is 11.2. The summed E-state index contributed by atoms with van der Waals surface area (Å²) in [5.41, 5.74) is 1.68. The fraction of sp³-hybridized carbons (Fsp3) is 0.471. The lowest BCUT2D eigenvalue weighted by atomic mass is 10.2. The van der Waals surface area contributed by atoms with Crippen molar-refractivity contribution in [3.05, 3.63) is 23.2 Å². The lowest BCUT2D eigenvalue weighted by Gasteiger charge is -2.37. The maximum Gasteiger partial charge on any atom is 0.222 e. The number of carbonyl (C=O) groups excluding carboxylic acids is 2. The number of rotatable bonds is 4. The Bertz CT molecular complexity index is 660. The van der Waals surface area contributed by atoms with Gasteiger partial charge < -0.3 is 20.4 Å². The van der Waals surface area contributed by atoms with Gasteiger partial charge in [-0.25, -0.2) is 0 Å². The Hall–Kier alpha value is -1.86. The quantitative estimate of drug-likeness (QED) is 0.784. The minimum Gasteiger partial charge on any atom is -0.366 e. The zero-order chi connectivity index (χ0) is 18.4. The van der Waals surface area contributed by atoms with Crippen LogP contribution in [-0.4, -0.2) is 48.0 Å². The Morgan fingerprint density at radius 1 is 1.24 bits per heavy atom. The zero-order valence-corrected chi connectivity index (χ0v) is 16.0. The predicted molar refractivity (Wildman–Crippen MR) is 105 cm³/mol. The number of piperazine rings is 1. The molecule has 0 aromatic heterocycles. The molecule has 0 atom stereocenters. The molecule has 8 heteroatoms. The number of benzene rings is 1. The van der Waals surface area contributed by atoms with Crippen molar-refractivity contribution in [2.24, 2.45) is 0 Å². The number of amides is 2. The molecule has 1 heterocycles. The molecule has 1 aromatic carbocycles. The average molecular weight is 383 g/mol. The smallest absolute Gasteiger partial charge is 0.222 e. The molecule has 0 saturated carbocycles. The first-order valence-corrected chi connectivity index (χ1v) is 9.10. The van der Waals surface area contributed by atoms with Crippen molar-refractivity contribution in [2.75, 3.05) is 36.4 Å². The molecule has 0 spiro atoms. The van der Waals surface area contributed by atoms with Crippen LogP contribution in [0.2, 0.25) is 5.02 Å². The highest BCUT2D eigenvalue weighted by Gasteiger charge is 2.22. The average Bonchev–Trinajstić information content (AvgIpc) is 2.54. The van der Waals surface area contributed by atoms with Crippen molar-refractivity contribution in [3.63, 3.8) is 0 Å². The van der Waals surface area contributed by atoms with Gasteiger partial charge in [0.25, 0.3) is 0 Å². The third-order valence-electron chi connectivity index (χ3n) is 3.93. The second-order valence-corrected chi connectivity index (χ2v) is 6.76. The fourth-order valence-corrected chi connectivity index (χ4v) is 3.19. The summed E-state index contributed by atoms with van der Waals surface area (Å²) in [6.45, 7) is 6.27. The van der Waals surface area contributed by atoms with Gasteiger partial charge in [0.2, 0.25) is 11.8 Å². The van der Waals surface area contributed by atoms with Gasteiger partial charge in [-0.05, 0) is 36.8 Å². The van der Waals surface area contributed by atoms with Gasteiger partial charge >= 0.3 is 0 Å². The van der Waals surface area contributed by atoms with E-state index in [4.69, 9.17) is 23.8 Å². The van der Waals surface area contributed by atoms with E-state index in [1.54, 1.807) is 6.07 Å². The van der Waals surface area contributed by atoms with Crippen LogP contribution in [0.25, 0.3) is 0 Å². The molecule has 0 bridgehead atoms. The SMILES string of the molecule is CCCC(=O)N1CCN(c2ccc(Cl)cc2NC(=S)NC(C)=O)CC1. The first-order valence-electron chi connectivity index (χ1n) is 8.31. The van der Waals surface area contributed by atoms with E-state index >= 15 is 0 Å². The molecule has 2 rings (SSSR count). The van der Waals surface area contributed by atoms with E-state index in [2.05, 4.69) is 15.5 Å². The second-order valence-electron chi connectivity index (χ2n) is 5.91. The van der Waals surface area contributed by atoms with Crippen molar-refractivity contribution < 1.29 is 9.59 Å². The van der Waals surface area contributed by atoms with Crippen molar-refractivity contribution in [3.8, 4) is 0 Å². The lowest BCUT2D eigenvalue weighted by molar-refractivity contribution is -0.131. The topological polar surface area (TPSA) is 64.7 Å². The number of anilines is 2. The van der Waals surface area contributed by atoms with Gasteiger partial charge in [0.15, 0.2) is 5.11 Å². The van der Waals surface area contributed by atoms with Crippen LogP contribution < -0.4 is 15.5 Å². The Labute approximate surface area is 158 Å². The number of halogens is 1. The summed E-state index contributed by atoms with van der Waals surface area (Å²) in [4.78, 5) is 27.3. The van der Waals surface area contributed by atoms with Gasteiger partial charge in [-0.3, -0.25) is 9.59 Å². The Morgan fingerprint density at radius 2 is 1.92 bits per heavy atom. The van der Waals surface area contributed by atoms with E-state index in [9.17, 15) is 9.59 Å². The zero-order valence-electron chi connectivity index (χ0n) is 14.5. The number of hydrogen-bond acceptors (Lipinski definition) is 4. The maximum absolute atomic E-state index is 12.0. The summed E-state index contributed by atoms with van der Waals surface area (Å²) < 4.78 is 0. The van der Waals surface area contributed by atoms with Crippen LogP contribution >= 0.6 is 23.8 Å². The number of nitrogens with zero attached hydrogens (tertiary/aromatic N) is 2. The first-order chi connectivity index (χ1) is 11.9. The van der Waals surface area contributed by atoms with E-state index in [0.29, 0.717) is 24.5 Å². The summed E-state index contributed by atoms with van der Waals surface area (Å²) in [6, 6.07) is 5.52.